The second-order valence-corrected chi connectivity index (χ2v) is 8.43. The van der Waals surface area contributed by atoms with Crippen molar-refractivity contribution in [3.63, 3.8) is 0 Å². The lowest BCUT2D eigenvalue weighted by Crippen LogP contribution is -2.05. The van der Waals surface area contributed by atoms with E-state index in [1.807, 2.05) is 12.1 Å². The largest absolute Gasteiger partial charge is 0.478 e. The van der Waals surface area contributed by atoms with Gasteiger partial charge in [-0.2, -0.15) is 0 Å². The Labute approximate surface area is 173 Å². The van der Waals surface area contributed by atoms with E-state index in [1.165, 1.54) is 46.2 Å². The van der Waals surface area contributed by atoms with Gasteiger partial charge in [-0.15, -0.1) is 0 Å². The second kappa shape index (κ2) is 8.24. The summed E-state index contributed by atoms with van der Waals surface area (Å²) in [6.45, 7) is 4.36. The molecular formula is C27H28O2. The first kappa shape index (κ1) is 19.4. The molecule has 1 N–H and O–H groups in total. The SMILES string of the molecule is Cc1cc(C)cc(CC2CCc3cccc(CCc4ccc(C(=O)O)cc4)c32)c1. The van der Waals surface area contributed by atoms with E-state index in [2.05, 4.69) is 50.2 Å². The van der Waals surface area contributed by atoms with Crippen LogP contribution >= 0.6 is 0 Å². The molecule has 0 bridgehead atoms. The van der Waals surface area contributed by atoms with Crippen LogP contribution in [0.25, 0.3) is 0 Å². The normalized spacial score (nSPS) is 15.3. The minimum atomic E-state index is -0.869. The van der Waals surface area contributed by atoms with E-state index in [0.29, 0.717) is 11.5 Å². The van der Waals surface area contributed by atoms with Gasteiger partial charge >= 0.3 is 5.97 Å². The molecule has 1 atom stereocenters. The number of carbonyl (C=O) groups is 1. The summed E-state index contributed by atoms with van der Waals surface area (Å²) in [7, 11) is 0. The van der Waals surface area contributed by atoms with Gasteiger partial charge in [0.05, 0.1) is 5.56 Å². The first-order valence-electron chi connectivity index (χ1n) is 10.5. The van der Waals surface area contributed by atoms with Crippen molar-refractivity contribution >= 4 is 5.97 Å². The number of benzene rings is 3. The van der Waals surface area contributed by atoms with Crippen LogP contribution in [0.3, 0.4) is 0 Å². The van der Waals surface area contributed by atoms with Crippen LogP contribution in [0.1, 0.15) is 61.6 Å². The van der Waals surface area contributed by atoms with Crippen molar-refractivity contribution < 1.29 is 9.90 Å². The van der Waals surface area contributed by atoms with Crippen molar-refractivity contribution in [2.75, 3.05) is 0 Å². The average molecular weight is 385 g/mol. The van der Waals surface area contributed by atoms with Crippen LogP contribution in [-0.2, 0) is 25.7 Å². The molecular weight excluding hydrogens is 356 g/mol. The van der Waals surface area contributed by atoms with Crippen LogP contribution in [0.4, 0.5) is 0 Å². The lowest BCUT2D eigenvalue weighted by atomic mass is 9.87. The smallest absolute Gasteiger partial charge is 0.335 e. The molecule has 0 saturated carbocycles. The third kappa shape index (κ3) is 4.42. The monoisotopic (exact) mass is 384 g/mol. The van der Waals surface area contributed by atoms with E-state index in [4.69, 9.17) is 5.11 Å². The maximum atomic E-state index is 11.0. The number of rotatable bonds is 6. The zero-order valence-corrected chi connectivity index (χ0v) is 17.2. The van der Waals surface area contributed by atoms with E-state index in [1.54, 1.807) is 17.7 Å². The predicted molar refractivity (Wildman–Crippen MR) is 118 cm³/mol. The fraction of sp³-hybridized carbons (Fsp3) is 0.296. The van der Waals surface area contributed by atoms with Gasteiger partial charge in [0.15, 0.2) is 0 Å². The molecule has 0 fully saturated rings. The topological polar surface area (TPSA) is 37.3 Å². The highest BCUT2D eigenvalue weighted by Gasteiger charge is 2.25. The summed E-state index contributed by atoms with van der Waals surface area (Å²) in [5, 5.41) is 9.07. The zero-order valence-electron chi connectivity index (χ0n) is 17.2. The molecule has 0 amide bonds. The Kier molecular flexibility index (Phi) is 5.53. The molecule has 1 unspecified atom stereocenters. The minimum absolute atomic E-state index is 0.350. The van der Waals surface area contributed by atoms with Crippen molar-refractivity contribution in [3.05, 3.63) is 105 Å². The van der Waals surface area contributed by atoms with E-state index in [0.717, 1.165) is 19.3 Å². The van der Waals surface area contributed by atoms with Crippen LogP contribution in [0.15, 0.2) is 60.7 Å². The first-order chi connectivity index (χ1) is 14.0. The van der Waals surface area contributed by atoms with Crippen LogP contribution in [0, 0.1) is 13.8 Å². The van der Waals surface area contributed by atoms with Gasteiger partial charge in [-0.25, -0.2) is 4.79 Å². The summed E-state index contributed by atoms with van der Waals surface area (Å²) >= 11 is 0. The van der Waals surface area contributed by atoms with Crippen molar-refractivity contribution in [1.82, 2.24) is 0 Å². The maximum absolute atomic E-state index is 11.0. The molecule has 0 aromatic heterocycles. The Balaban J connectivity index is 1.52. The van der Waals surface area contributed by atoms with Gasteiger partial charge < -0.3 is 5.11 Å². The Morgan fingerprint density at radius 2 is 1.66 bits per heavy atom. The molecule has 0 heterocycles. The molecule has 4 rings (SSSR count). The number of aryl methyl sites for hydroxylation is 5. The number of carboxylic acids is 1. The van der Waals surface area contributed by atoms with Gasteiger partial charge in [0.25, 0.3) is 0 Å². The third-order valence-electron chi connectivity index (χ3n) is 6.10. The fourth-order valence-electron chi connectivity index (χ4n) is 4.87. The molecule has 0 spiro atoms. The lowest BCUT2D eigenvalue weighted by Gasteiger charge is -2.17. The molecule has 2 nitrogen and oxygen atoms in total. The molecule has 3 aromatic carbocycles. The number of fused-ring (bicyclic) bond motifs is 1. The summed E-state index contributed by atoms with van der Waals surface area (Å²) in [5.74, 6) is -0.275. The van der Waals surface area contributed by atoms with Crippen LogP contribution < -0.4 is 0 Å². The van der Waals surface area contributed by atoms with Gasteiger partial charge in [-0.05, 0) is 91.8 Å². The summed E-state index contributed by atoms with van der Waals surface area (Å²) in [6, 6.07) is 21.0. The second-order valence-electron chi connectivity index (χ2n) is 8.43. The molecule has 0 radical (unpaired) electrons. The van der Waals surface area contributed by atoms with Gasteiger partial charge in [-0.1, -0.05) is 59.7 Å². The van der Waals surface area contributed by atoms with Crippen molar-refractivity contribution in [1.29, 1.82) is 0 Å². The van der Waals surface area contributed by atoms with E-state index < -0.39 is 5.97 Å². The molecule has 0 aliphatic heterocycles. The summed E-state index contributed by atoms with van der Waals surface area (Å²) in [5.41, 5.74) is 10.2. The summed E-state index contributed by atoms with van der Waals surface area (Å²) in [6.07, 6.45) is 5.45. The summed E-state index contributed by atoms with van der Waals surface area (Å²) in [4.78, 5) is 11.0. The van der Waals surface area contributed by atoms with Crippen molar-refractivity contribution in [3.8, 4) is 0 Å². The Bertz CT molecular complexity index is 1010. The highest BCUT2D eigenvalue weighted by Crippen LogP contribution is 2.38. The van der Waals surface area contributed by atoms with E-state index in [9.17, 15) is 4.79 Å². The van der Waals surface area contributed by atoms with Crippen molar-refractivity contribution in [2.45, 2.75) is 51.9 Å². The third-order valence-corrected chi connectivity index (χ3v) is 6.10. The van der Waals surface area contributed by atoms with Gasteiger partial charge in [-0.3, -0.25) is 0 Å². The minimum Gasteiger partial charge on any atom is -0.478 e. The highest BCUT2D eigenvalue weighted by atomic mass is 16.4. The summed E-state index contributed by atoms with van der Waals surface area (Å²) < 4.78 is 0. The molecule has 148 valence electrons. The van der Waals surface area contributed by atoms with E-state index >= 15 is 0 Å². The standard InChI is InChI=1S/C27H28O2/c1-18-14-19(2)16-21(15-18)17-25-13-12-23-5-3-4-22(26(23)25)9-6-20-7-10-24(11-8-20)27(28)29/h3-5,7-8,10-11,14-16,25H,6,9,12-13,17H2,1-2H3,(H,28,29). The Morgan fingerprint density at radius 1 is 0.931 bits per heavy atom. The number of hydrogen-bond donors (Lipinski definition) is 1. The van der Waals surface area contributed by atoms with E-state index in [-0.39, 0.29) is 0 Å². The van der Waals surface area contributed by atoms with Gasteiger partial charge in [0.2, 0.25) is 0 Å². The first-order valence-corrected chi connectivity index (χ1v) is 10.5. The molecule has 29 heavy (non-hydrogen) atoms. The van der Waals surface area contributed by atoms with Gasteiger partial charge in [0, 0.05) is 0 Å². The fourth-order valence-corrected chi connectivity index (χ4v) is 4.87. The predicted octanol–water partition coefficient (Wildman–Crippen LogP) is 6.06. The van der Waals surface area contributed by atoms with Crippen LogP contribution in [0.2, 0.25) is 0 Å². The van der Waals surface area contributed by atoms with Crippen LogP contribution in [0.5, 0.6) is 0 Å². The number of hydrogen-bond acceptors (Lipinski definition) is 1. The zero-order chi connectivity index (χ0) is 20.4. The molecule has 1 aliphatic carbocycles. The molecule has 2 heteroatoms. The Morgan fingerprint density at radius 3 is 2.34 bits per heavy atom. The quantitative estimate of drug-likeness (QED) is 0.561. The molecule has 1 aliphatic rings. The maximum Gasteiger partial charge on any atom is 0.335 e. The lowest BCUT2D eigenvalue weighted by molar-refractivity contribution is 0.0697. The van der Waals surface area contributed by atoms with Crippen molar-refractivity contribution in [2.24, 2.45) is 0 Å². The average Bonchev–Trinajstić information content (AvgIpc) is 3.09. The highest BCUT2D eigenvalue weighted by molar-refractivity contribution is 5.87. The van der Waals surface area contributed by atoms with Crippen LogP contribution in [-0.4, -0.2) is 11.1 Å². The molecule has 3 aromatic rings. The molecule has 0 saturated heterocycles. The number of carboxylic acid groups (broad SMARTS) is 1. The number of aromatic carboxylic acids is 1. The van der Waals surface area contributed by atoms with Gasteiger partial charge in [0.1, 0.15) is 0 Å². The Hall–Kier alpha value is -2.87.